The van der Waals surface area contributed by atoms with Crippen LogP contribution in [0.25, 0.3) is 0 Å². The summed E-state index contributed by atoms with van der Waals surface area (Å²) in [6.45, 7) is 8.10. The van der Waals surface area contributed by atoms with E-state index in [-0.39, 0.29) is 5.82 Å². The predicted octanol–water partition coefficient (Wildman–Crippen LogP) is 2.38. The van der Waals surface area contributed by atoms with E-state index in [4.69, 9.17) is 10.5 Å². The highest BCUT2D eigenvalue weighted by atomic mass is 32.1. The molecule has 0 spiro atoms. The molecular formula is C12H21N3O2S. The highest BCUT2D eigenvalue weighted by Crippen LogP contribution is 2.31. The van der Waals surface area contributed by atoms with E-state index in [0.717, 1.165) is 24.5 Å². The molecule has 0 saturated carbocycles. The minimum Gasteiger partial charge on any atom is -0.465 e. The van der Waals surface area contributed by atoms with Crippen LogP contribution in [0.3, 0.4) is 0 Å². The van der Waals surface area contributed by atoms with Gasteiger partial charge >= 0.3 is 5.97 Å². The summed E-state index contributed by atoms with van der Waals surface area (Å²) in [6, 6.07) is 0. The molecule has 0 aliphatic rings. The minimum absolute atomic E-state index is 0.254. The fourth-order valence-corrected chi connectivity index (χ4v) is 2.54. The first-order valence-corrected chi connectivity index (χ1v) is 6.90. The van der Waals surface area contributed by atoms with Gasteiger partial charge in [-0.05, 0) is 24.4 Å². The monoisotopic (exact) mass is 271 g/mol. The highest BCUT2D eigenvalue weighted by molar-refractivity contribution is 7.11. The van der Waals surface area contributed by atoms with Crippen molar-refractivity contribution in [3.8, 4) is 0 Å². The standard InChI is InChI=1S/C12H21N3O2S/c1-5-8(3)7-15(6-2)11-9(12(16)17-4)10(13)14-18-11/h8H,5-7H2,1-4H3,(H2,13,14). The second kappa shape index (κ2) is 6.58. The van der Waals surface area contributed by atoms with Gasteiger partial charge in [0.2, 0.25) is 0 Å². The second-order valence-electron chi connectivity index (χ2n) is 4.29. The summed E-state index contributed by atoms with van der Waals surface area (Å²) in [5, 5.41) is 0.808. The molecule has 1 atom stereocenters. The summed E-state index contributed by atoms with van der Waals surface area (Å²) in [5.74, 6) is 0.391. The fourth-order valence-electron chi connectivity index (χ4n) is 1.66. The summed E-state index contributed by atoms with van der Waals surface area (Å²) in [4.78, 5) is 13.9. The van der Waals surface area contributed by atoms with E-state index < -0.39 is 5.97 Å². The fraction of sp³-hybridized carbons (Fsp3) is 0.667. The number of aromatic nitrogens is 1. The molecule has 1 rings (SSSR count). The maximum absolute atomic E-state index is 11.7. The Bertz CT molecular complexity index is 406. The quantitative estimate of drug-likeness (QED) is 0.805. The highest BCUT2D eigenvalue weighted by Gasteiger charge is 2.24. The first-order chi connectivity index (χ1) is 8.54. The summed E-state index contributed by atoms with van der Waals surface area (Å²) < 4.78 is 8.83. The molecule has 1 aromatic heterocycles. The molecular weight excluding hydrogens is 250 g/mol. The van der Waals surface area contributed by atoms with Crippen molar-refractivity contribution in [2.75, 3.05) is 30.8 Å². The van der Waals surface area contributed by atoms with E-state index in [0.29, 0.717) is 11.5 Å². The maximum Gasteiger partial charge on any atom is 0.344 e. The predicted molar refractivity (Wildman–Crippen MR) is 75.2 cm³/mol. The third kappa shape index (κ3) is 3.13. The van der Waals surface area contributed by atoms with Gasteiger partial charge < -0.3 is 15.4 Å². The Kier molecular flexibility index (Phi) is 5.40. The van der Waals surface area contributed by atoms with Gasteiger partial charge in [-0.15, -0.1) is 0 Å². The number of hydrogen-bond donors (Lipinski definition) is 1. The summed E-state index contributed by atoms with van der Waals surface area (Å²) in [6.07, 6.45) is 1.10. The molecule has 102 valence electrons. The molecule has 0 aromatic carbocycles. The van der Waals surface area contributed by atoms with Crippen LogP contribution in [0.1, 0.15) is 37.6 Å². The molecule has 5 nitrogen and oxygen atoms in total. The normalized spacial score (nSPS) is 12.2. The van der Waals surface area contributed by atoms with Gasteiger partial charge in [-0.1, -0.05) is 20.3 Å². The van der Waals surface area contributed by atoms with E-state index in [9.17, 15) is 4.79 Å². The number of methoxy groups -OCH3 is 1. The Morgan fingerprint density at radius 1 is 1.56 bits per heavy atom. The molecule has 0 radical (unpaired) electrons. The Labute approximate surface area is 112 Å². The lowest BCUT2D eigenvalue weighted by molar-refractivity contribution is 0.0603. The van der Waals surface area contributed by atoms with Crippen LogP contribution in [-0.2, 0) is 4.74 Å². The smallest absolute Gasteiger partial charge is 0.344 e. The molecule has 1 aromatic rings. The lowest BCUT2D eigenvalue weighted by atomic mass is 10.1. The third-order valence-corrected chi connectivity index (χ3v) is 3.91. The lowest BCUT2D eigenvalue weighted by Crippen LogP contribution is -2.28. The topological polar surface area (TPSA) is 68.5 Å². The van der Waals surface area contributed by atoms with E-state index in [1.165, 1.54) is 18.6 Å². The molecule has 0 bridgehead atoms. The van der Waals surface area contributed by atoms with Crippen LogP contribution < -0.4 is 10.6 Å². The molecule has 0 amide bonds. The van der Waals surface area contributed by atoms with Crippen molar-refractivity contribution in [2.24, 2.45) is 5.92 Å². The third-order valence-electron chi connectivity index (χ3n) is 2.99. The molecule has 18 heavy (non-hydrogen) atoms. The molecule has 0 aliphatic heterocycles. The lowest BCUT2D eigenvalue weighted by Gasteiger charge is -2.24. The maximum atomic E-state index is 11.7. The van der Waals surface area contributed by atoms with Crippen LogP contribution in [0.15, 0.2) is 0 Å². The molecule has 1 unspecified atom stereocenters. The average molecular weight is 271 g/mol. The number of ether oxygens (including phenoxy) is 1. The summed E-state index contributed by atoms with van der Waals surface area (Å²) >= 11 is 1.26. The number of rotatable bonds is 6. The van der Waals surface area contributed by atoms with Gasteiger partial charge in [-0.25, -0.2) is 4.79 Å². The van der Waals surface area contributed by atoms with Gasteiger partial charge in [-0.2, -0.15) is 4.37 Å². The Balaban J connectivity index is 3.02. The number of nitrogen functional groups attached to an aromatic ring is 1. The molecule has 0 fully saturated rings. The van der Waals surface area contributed by atoms with E-state index in [1.807, 2.05) is 0 Å². The number of nitrogens with two attached hydrogens (primary N) is 1. The summed E-state index contributed by atoms with van der Waals surface area (Å²) in [7, 11) is 1.36. The molecule has 6 heteroatoms. The first kappa shape index (κ1) is 14.8. The minimum atomic E-state index is -0.418. The van der Waals surface area contributed by atoms with Gasteiger partial charge in [0, 0.05) is 13.1 Å². The van der Waals surface area contributed by atoms with Gasteiger partial charge in [-0.3, -0.25) is 0 Å². The first-order valence-electron chi connectivity index (χ1n) is 6.13. The van der Waals surface area contributed by atoms with Crippen molar-refractivity contribution < 1.29 is 9.53 Å². The van der Waals surface area contributed by atoms with Crippen molar-refractivity contribution in [3.63, 3.8) is 0 Å². The number of hydrogen-bond acceptors (Lipinski definition) is 6. The van der Waals surface area contributed by atoms with Crippen molar-refractivity contribution in [1.82, 2.24) is 4.37 Å². The molecule has 1 heterocycles. The number of carbonyl (C=O) groups excluding carboxylic acids is 1. The van der Waals surface area contributed by atoms with Crippen molar-refractivity contribution in [2.45, 2.75) is 27.2 Å². The number of anilines is 2. The van der Waals surface area contributed by atoms with E-state index >= 15 is 0 Å². The zero-order valence-corrected chi connectivity index (χ0v) is 12.2. The molecule has 2 N–H and O–H groups in total. The van der Waals surface area contributed by atoms with Crippen LogP contribution in [0.2, 0.25) is 0 Å². The zero-order valence-electron chi connectivity index (χ0n) is 11.4. The SMILES string of the molecule is CCC(C)CN(CC)c1snc(N)c1C(=O)OC. The Morgan fingerprint density at radius 3 is 2.72 bits per heavy atom. The Hall–Kier alpha value is -1.30. The molecule has 0 saturated heterocycles. The zero-order chi connectivity index (χ0) is 13.7. The largest absolute Gasteiger partial charge is 0.465 e. The molecule has 0 aliphatic carbocycles. The van der Waals surface area contributed by atoms with Gasteiger partial charge in [0.15, 0.2) is 5.82 Å². The van der Waals surface area contributed by atoms with Gasteiger partial charge in [0.05, 0.1) is 7.11 Å². The van der Waals surface area contributed by atoms with Crippen LogP contribution in [-0.4, -0.2) is 30.5 Å². The summed E-state index contributed by atoms with van der Waals surface area (Å²) in [5.41, 5.74) is 6.14. The number of esters is 1. The van der Waals surface area contributed by atoms with E-state index in [2.05, 4.69) is 30.0 Å². The van der Waals surface area contributed by atoms with E-state index in [1.54, 1.807) is 0 Å². The Morgan fingerprint density at radius 2 is 2.22 bits per heavy atom. The van der Waals surface area contributed by atoms with Crippen LogP contribution >= 0.6 is 11.5 Å². The number of nitrogens with zero attached hydrogens (tertiary/aromatic N) is 2. The van der Waals surface area contributed by atoms with Crippen LogP contribution in [0.5, 0.6) is 0 Å². The average Bonchev–Trinajstić information content (AvgIpc) is 2.76. The van der Waals surface area contributed by atoms with Crippen molar-refractivity contribution in [3.05, 3.63) is 5.56 Å². The van der Waals surface area contributed by atoms with Crippen molar-refractivity contribution in [1.29, 1.82) is 0 Å². The second-order valence-corrected chi connectivity index (χ2v) is 5.04. The van der Waals surface area contributed by atoms with Gasteiger partial charge in [0.1, 0.15) is 10.6 Å². The van der Waals surface area contributed by atoms with Crippen LogP contribution in [0, 0.1) is 5.92 Å². The van der Waals surface area contributed by atoms with Crippen LogP contribution in [0.4, 0.5) is 10.8 Å². The van der Waals surface area contributed by atoms with Gasteiger partial charge in [0.25, 0.3) is 0 Å². The van der Waals surface area contributed by atoms with Crippen molar-refractivity contribution >= 4 is 28.3 Å². The number of carbonyl (C=O) groups is 1.